The number of nitrogens with zero attached hydrogens (tertiary/aromatic N) is 4. The number of carbonyl (C=O) groups is 3. The fourth-order valence-electron chi connectivity index (χ4n) is 3.06. The third-order valence-electron chi connectivity index (χ3n) is 4.61. The van der Waals surface area contributed by atoms with Gasteiger partial charge in [-0.15, -0.1) is 0 Å². The van der Waals surface area contributed by atoms with Gasteiger partial charge >= 0.3 is 0 Å². The maximum absolute atomic E-state index is 14.5. The van der Waals surface area contributed by atoms with E-state index in [-0.39, 0.29) is 9.80 Å². The number of aromatic nitrogens is 2. The Morgan fingerprint density at radius 1 is 1.00 bits per heavy atom. The molecule has 34 heavy (non-hydrogen) atoms. The zero-order chi connectivity index (χ0) is 39.7. The van der Waals surface area contributed by atoms with E-state index < -0.39 is 144 Å². The quantitative estimate of drug-likeness (QED) is 0.607. The molecule has 1 fully saturated rings. The summed E-state index contributed by atoms with van der Waals surface area (Å²) in [6.45, 7) is -7.41. The number of nitrogens with two attached hydrogens (primary N) is 1. The minimum absolute atomic E-state index is 0.108. The number of ether oxygens (including phenoxy) is 1. The summed E-state index contributed by atoms with van der Waals surface area (Å²) in [4.78, 5) is 39.8. The number of hydrogen-bond acceptors (Lipinski definition) is 5. The second kappa shape index (κ2) is 8.66. The minimum Gasteiger partial charge on any atom is -0.497 e. The van der Waals surface area contributed by atoms with E-state index in [1.165, 1.54) is 0 Å². The predicted octanol–water partition coefficient (Wildman–Crippen LogP) is 2.70. The molecule has 174 valence electrons. The zero-order valence-electron chi connectivity index (χ0n) is 35.2. The highest BCUT2D eigenvalue weighted by Crippen LogP contribution is 2.31. The van der Waals surface area contributed by atoms with E-state index in [9.17, 15) is 14.4 Å². The summed E-state index contributed by atoms with van der Waals surface area (Å²) in [6, 6.07) is -9.01. The number of anilines is 2. The van der Waals surface area contributed by atoms with Crippen molar-refractivity contribution in [2.45, 2.75) is 25.5 Å². The molecule has 1 aromatic heterocycles. The van der Waals surface area contributed by atoms with E-state index in [1.807, 2.05) is 0 Å². The van der Waals surface area contributed by atoms with Crippen molar-refractivity contribution in [3.8, 4) is 11.4 Å². The molecule has 9 nitrogen and oxygen atoms in total. The topological polar surface area (TPSA) is 111 Å². The number of fused-ring (bicyclic) bond motifs is 1. The number of benzene rings is 2. The molecule has 0 spiro atoms. The predicted molar refractivity (Wildman–Crippen MR) is 127 cm³/mol. The van der Waals surface area contributed by atoms with Crippen molar-refractivity contribution in [1.82, 2.24) is 9.78 Å². The van der Waals surface area contributed by atoms with Crippen LogP contribution in [0.2, 0.25) is 0 Å². The number of amides is 3. The molecule has 3 amide bonds. The second-order valence-corrected chi connectivity index (χ2v) is 6.62. The van der Waals surface area contributed by atoms with E-state index in [0.717, 1.165) is 7.11 Å². The maximum atomic E-state index is 14.5. The molecule has 0 aliphatic carbocycles. The van der Waals surface area contributed by atoms with Gasteiger partial charge in [-0.25, -0.2) is 4.68 Å². The molecule has 3 aromatic rings. The summed E-state index contributed by atoms with van der Waals surface area (Å²) in [7, 11) is 1.04. The third kappa shape index (κ3) is 3.68. The number of methoxy groups -OCH3 is 1. The van der Waals surface area contributed by atoms with Crippen LogP contribution in [0.3, 0.4) is 0 Å². The van der Waals surface area contributed by atoms with Crippen LogP contribution in [0.15, 0.2) is 48.3 Å². The Kier molecular flexibility index (Phi) is 2.36. The Labute approximate surface area is 222 Å². The lowest BCUT2D eigenvalue weighted by Crippen LogP contribution is -2.39. The molecule has 0 radical (unpaired) electrons. The average Bonchev–Trinajstić information content (AvgIpc) is 3.43. The van der Waals surface area contributed by atoms with Crippen molar-refractivity contribution < 1.29 is 43.8 Å². The Morgan fingerprint density at radius 2 is 1.65 bits per heavy atom. The standard InChI is InChI=1S/C25H25N5O4/c1-34-19-11-9-18(10-12-19)30-23-20(22(27-30)24(26)32)13-15-29(25(23)33)17-7-5-16(6-8-17)28-14-3-2-4-21(28)31/h5-12H,2-4,13-15H2,1H3,(H2,26,32)/i2D2,3D2,5D,6D,7D,8D,9D,10D,11D,12D,13D2,14D2,15D2. The molecule has 2 N–H and O–H groups in total. The molecule has 2 aromatic carbocycles. The van der Waals surface area contributed by atoms with Crippen molar-refractivity contribution >= 4 is 29.1 Å². The molecule has 9 heteroatoms. The smallest absolute Gasteiger partial charge is 0.277 e. The molecule has 5 rings (SSSR count). The summed E-state index contributed by atoms with van der Waals surface area (Å²) in [5, 5.41) is 3.79. The van der Waals surface area contributed by atoms with E-state index >= 15 is 0 Å². The Morgan fingerprint density at radius 3 is 2.29 bits per heavy atom. The number of carbonyl (C=O) groups excluding carboxylic acids is 3. The van der Waals surface area contributed by atoms with Crippen LogP contribution in [-0.2, 0) is 11.2 Å². The van der Waals surface area contributed by atoms with Gasteiger partial charge in [0.25, 0.3) is 11.8 Å². The first kappa shape index (κ1) is 9.25. The SMILES string of the molecule is [2H]c1c([2H])c(-n2nc(C(N)=O)c3c2C(=O)N(c2c([2H])c([2H])c(N4C(=O)CC([2H])([2H])C([2H])([2H])C4([2H])[2H])c([2H])c2[2H])C([2H])([2H])C3([2H])[2H])c([2H])c([2H])c1OC. The molecule has 2 aliphatic rings. The van der Waals surface area contributed by atoms with Crippen molar-refractivity contribution in [3.63, 3.8) is 0 Å². The van der Waals surface area contributed by atoms with E-state index in [0.29, 0.717) is 4.68 Å². The molecule has 0 saturated carbocycles. The Bertz CT molecular complexity index is 2080. The van der Waals surface area contributed by atoms with Crippen molar-refractivity contribution in [2.75, 3.05) is 29.9 Å². The summed E-state index contributed by atoms with van der Waals surface area (Å²) in [6.07, 6.45) is -11.5. The maximum Gasteiger partial charge on any atom is 0.277 e. The van der Waals surface area contributed by atoms with Crippen LogP contribution in [-0.4, -0.2) is 47.6 Å². The largest absolute Gasteiger partial charge is 0.497 e. The molecular formula is C25H25N5O4. The summed E-state index contributed by atoms with van der Waals surface area (Å²) < 4.78 is 157. The fraction of sp³-hybridized carbons (Fsp3) is 0.280. The lowest BCUT2D eigenvalue weighted by Gasteiger charge is -2.29. The first-order chi connectivity index (χ1) is 23.6. The molecular weight excluding hydrogens is 434 g/mol. The fourth-order valence-corrected chi connectivity index (χ4v) is 3.06. The van der Waals surface area contributed by atoms with Crippen LogP contribution in [0.1, 0.15) is 70.4 Å². The second-order valence-electron chi connectivity index (χ2n) is 6.62. The first-order valence-electron chi connectivity index (χ1n) is 18.4. The summed E-state index contributed by atoms with van der Waals surface area (Å²) in [5.74, 6) is -5.34. The molecule has 1 saturated heterocycles. The Balaban J connectivity index is 1.85. The molecule has 0 unspecified atom stereocenters. The van der Waals surface area contributed by atoms with Crippen LogP contribution in [0, 0.1) is 0 Å². The summed E-state index contributed by atoms with van der Waals surface area (Å²) >= 11 is 0. The first-order valence-corrected chi connectivity index (χ1v) is 9.43. The van der Waals surface area contributed by atoms with Gasteiger partial charge in [-0.3, -0.25) is 14.4 Å². The van der Waals surface area contributed by atoms with Gasteiger partial charge in [0.2, 0.25) is 5.91 Å². The van der Waals surface area contributed by atoms with Gasteiger partial charge in [0.15, 0.2) is 5.69 Å². The number of piperidine rings is 1. The van der Waals surface area contributed by atoms with Gasteiger partial charge in [0.1, 0.15) is 11.4 Å². The van der Waals surface area contributed by atoms with Crippen molar-refractivity contribution in [3.05, 3.63) is 65.3 Å². The van der Waals surface area contributed by atoms with Crippen molar-refractivity contribution in [1.29, 1.82) is 0 Å². The van der Waals surface area contributed by atoms with Gasteiger partial charge in [0.05, 0.1) is 26.5 Å². The number of hydrogen-bond donors (Lipinski definition) is 1. The molecule has 2 aliphatic heterocycles. The van der Waals surface area contributed by atoms with Crippen molar-refractivity contribution in [2.24, 2.45) is 5.73 Å². The lowest BCUT2D eigenvalue weighted by atomic mass is 10.0. The van der Waals surface area contributed by atoms with Gasteiger partial charge in [-0.05, 0) is 67.5 Å². The van der Waals surface area contributed by atoms with E-state index in [4.69, 9.17) is 35.1 Å². The molecule has 0 atom stereocenters. The third-order valence-corrected chi connectivity index (χ3v) is 4.61. The van der Waals surface area contributed by atoms with Crippen LogP contribution >= 0.6 is 0 Å². The highest BCUT2D eigenvalue weighted by atomic mass is 16.5. The van der Waals surface area contributed by atoms with Gasteiger partial charge in [-0.2, -0.15) is 5.10 Å². The van der Waals surface area contributed by atoms with E-state index in [2.05, 4.69) is 5.10 Å². The highest BCUT2D eigenvalue weighted by Gasteiger charge is 2.34. The molecule has 0 bridgehead atoms. The van der Waals surface area contributed by atoms with Gasteiger partial charge in [0, 0.05) is 47.3 Å². The van der Waals surface area contributed by atoms with Gasteiger partial charge < -0.3 is 20.3 Å². The number of rotatable bonds is 5. The molecule has 3 heterocycles. The Hall–Kier alpha value is -4.14. The average molecular weight is 478 g/mol. The van der Waals surface area contributed by atoms with Crippen LogP contribution < -0.4 is 20.3 Å². The minimum atomic E-state index is -3.76. The lowest BCUT2D eigenvalue weighted by molar-refractivity contribution is -0.119. The monoisotopic (exact) mass is 477 g/mol. The van der Waals surface area contributed by atoms with Crippen LogP contribution in [0.4, 0.5) is 11.4 Å². The van der Waals surface area contributed by atoms with Crippen LogP contribution in [0.5, 0.6) is 5.75 Å². The normalized spacial score (nSPS) is 31.0. The van der Waals surface area contributed by atoms with E-state index in [1.54, 1.807) is 0 Å². The number of primary amides is 1. The van der Waals surface area contributed by atoms with Gasteiger partial charge in [-0.1, -0.05) is 0 Å². The van der Waals surface area contributed by atoms with Crippen LogP contribution in [0.25, 0.3) is 5.69 Å². The zero-order valence-corrected chi connectivity index (χ0v) is 17.2. The summed E-state index contributed by atoms with van der Waals surface area (Å²) in [5.41, 5.74) is -1.34. The highest BCUT2D eigenvalue weighted by molar-refractivity contribution is 6.09.